The summed E-state index contributed by atoms with van der Waals surface area (Å²) in [7, 11) is 0. The van der Waals surface area contributed by atoms with Crippen LogP contribution in [0.4, 0.5) is 0 Å². The molecule has 2 heterocycles. The zero-order valence-corrected chi connectivity index (χ0v) is 13.3. The maximum atomic E-state index is 12.7. The fourth-order valence-electron chi connectivity index (χ4n) is 2.74. The minimum Gasteiger partial charge on any atom is -0.347 e. The molecule has 1 aliphatic rings. The van der Waals surface area contributed by atoms with E-state index in [0.29, 0.717) is 6.54 Å². The van der Waals surface area contributed by atoms with Gasteiger partial charge in [-0.05, 0) is 12.0 Å². The maximum absolute atomic E-state index is 12.7. The quantitative estimate of drug-likeness (QED) is 0.791. The number of carbonyl (C=O) groups excluding carboxylic acids is 1. The van der Waals surface area contributed by atoms with Gasteiger partial charge in [0.05, 0.1) is 18.0 Å². The Morgan fingerprint density at radius 1 is 1.45 bits per heavy atom. The van der Waals surface area contributed by atoms with Gasteiger partial charge in [0.25, 0.3) is 0 Å². The van der Waals surface area contributed by atoms with Gasteiger partial charge in [-0.1, -0.05) is 37.3 Å². The summed E-state index contributed by atoms with van der Waals surface area (Å²) in [6, 6.07) is 10.0. The lowest BCUT2D eigenvalue weighted by atomic mass is 9.94. The number of nitrogens with one attached hydrogen (secondary N) is 3. The zero-order valence-electron chi connectivity index (χ0n) is 12.5. The van der Waals surface area contributed by atoms with Gasteiger partial charge in [0.15, 0.2) is 0 Å². The molecule has 2 aromatic rings. The van der Waals surface area contributed by atoms with E-state index < -0.39 is 0 Å². The third-order valence-electron chi connectivity index (χ3n) is 3.95. The average molecular weight is 316 g/mol. The van der Waals surface area contributed by atoms with Gasteiger partial charge in [-0.25, -0.2) is 10.4 Å². The van der Waals surface area contributed by atoms with Crippen molar-refractivity contribution in [2.45, 2.75) is 25.4 Å². The first-order valence-corrected chi connectivity index (χ1v) is 8.40. The first kappa shape index (κ1) is 15.1. The number of hydrazine groups is 1. The Hall–Kier alpha value is -1.76. The monoisotopic (exact) mass is 316 g/mol. The summed E-state index contributed by atoms with van der Waals surface area (Å²) >= 11 is 1.58. The first-order valence-electron chi connectivity index (χ1n) is 7.52. The minimum atomic E-state index is -0.128. The van der Waals surface area contributed by atoms with Crippen molar-refractivity contribution in [1.82, 2.24) is 21.2 Å². The molecule has 1 fully saturated rings. The number of hydrogen-bond acceptors (Lipinski definition) is 5. The van der Waals surface area contributed by atoms with Gasteiger partial charge in [0, 0.05) is 18.1 Å². The van der Waals surface area contributed by atoms with E-state index in [2.05, 4.69) is 28.1 Å². The normalized spacial score (nSPS) is 22.4. The second-order valence-electron chi connectivity index (χ2n) is 5.36. The number of nitrogens with zero attached hydrogens (tertiary/aromatic N) is 1. The summed E-state index contributed by atoms with van der Waals surface area (Å²) in [6.07, 6.45) is 2.61. The molecule has 3 unspecified atom stereocenters. The molecule has 0 spiro atoms. The standard InChI is InChI=1S/C16H20N4OS/c1-2-13(16-17-8-9-22-16)19-15(21)12-10-18-20-14(12)11-6-4-3-5-7-11/h3-9,12-14,18,20H,2,10H2,1H3,(H,19,21). The van der Waals surface area contributed by atoms with Crippen molar-refractivity contribution in [2.24, 2.45) is 5.92 Å². The third kappa shape index (κ3) is 3.19. The Labute approximate surface area is 134 Å². The van der Waals surface area contributed by atoms with Gasteiger partial charge in [-0.2, -0.15) is 0 Å². The molecule has 3 rings (SSSR count). The molecule has 0 aliphatic carbocycles. The molecule has 1 saturated heterocycles. The van der Waals surface area contributed by atoms with Crippen molar-refractivity contribution in [3.8, 4) is 0 Å². The SMILES string of the molecule is CCC(NC(=O)C1CNNC1c1ccccc1)c1nccs1. The molecule has 1 amide bonds. The number of rotatable bonds is 5. The molecule has 1 aromatic carbocycles. The van der Waals surface area contributed by atoms with Crippen LogP contribution in [0.15, 0.2) is 41.9 Å². The number of amides is 1. The smallest absolute Gasteiger partial charge is 0.227 e. The maximum Gasteiger partial charge on any atom is 0.227 e. The summed E-state index contributed by atoms with van der Waals surface area (Å²) in [5, 5.41) is 6.04. The van der Waals surface area contributed by atoms with Gasteiger partial charge in [0.1, 0.15) is 5.01 Å². The van der Waals surface area contributed by atoms with Crippen LogP contribution in [0.25, 0.3) is 0 Å². The number of benzene rings is 1. The van der Waals surface area contributed by atoms with Crippen molar-refractivity contribution >= 4 is 17.2 Å². The lowest BCUT2D eigenvalue weighted by Gasteiger charge is -2.21. The molecule has 1 aromatic heterocycles. The van der Waals surface area contributed by atoms with Crippen LogP contribution in [-0.4, -0.2) is 17.4 Å². The van der Waals surface area contributed by atoms with Crippen molar-refractivity contribution < 1.29 is 4.79 Å². The average Bonchev–Trinajstić information content (AvgIpc) is 3.24. The molecule has 0 radical (unpaired) electrons. The molecule has 0 bridgehead atoms. The summed E-state index contributed by atoms with van der Waals surface area (Å²) in [5.41, 5.74) is 7.43. The number of aromatic nitrogens is 1. The van der Waals surface area contributed by atoms with Crippen LogP contribution in [0.2, 0.25) is 0 Å². The molecule has 3 atom stereocenters. The van der Waals surface area contributed by atoms with Gasteiger partial charge in [0.2, 0.25) is 5.91 Å². The summed E-state index contributed by atoms with van der Waals surface area (Å²) in [6.45, 7) is 2.69. The summed E-state index contributed by atoms with van der Waals surface area (Å²) in [4.78, 5) is 17.0. The van der Waals surface area contributed by atoms with Gasteiger partial charge in [-0.3, -0.25) is 10.2 Å². The lowest BCUT2D eigenvalue weighted by Crippen LogP contribution is -2.37. The Kier molecular flexibility index (Phi) is 4.82. The first-order chi connectivity index (χ1) is 10.8. The van der Waals surface area contributed by atoms with E-state index in [-0.39, 0.29) is 23.9 Å². The molecule has 1 aliphatic heterocycles. The topological polar surface area (TPSA) is 66.1 Å². The summed E-state index contributed by atoms with van der Waals surface area (Å²) < 4.78 is 0. The molecule has 22 heavy (non-hydrogen) atoms. The number of hydrogen-bond donors (Lipinski definition) is 3. The van der Waals surface area contributed by atoms with Gasteiger partial charge in [-0.15, -0.1) is 11.3 Å². The predicted molar refractivity (Wildman–Crippen MR) is 87.1 cm³/mol. The van der Waals surface area contributed by atoms with Gasteiger partial charge < -0.3 is 5.32 Å². The molecular formula is C16H20N4OS. The van der Waals surface area contributed by atoms with E-state index in [4.69, 9.17) is 0 Å². The van der Waals surface area contributed by atoms with E-state index in [0.717, 1.165) is 17.0 Å². The Morgan fingerprint density at radius 2 is 2.27 bits per heavy atom. The van der Waals surface area contributed by atoms with Crippen molar-refractivity contribution in [2.75, 3.05) is 6.54 Å². The van der Waals surface area contributed by atoms with E-state index in [1.165, 1.54) is 0 Å². The predicted octanol–water partition coefficient (Wildman–Crippen LogP) is 2.18. The highest BCUT2D eigenvalue weighted by Gasteiger charge is 2.34. The lowest BCUT2D eigenvalue weighted by molar-refractivity contribution is -0.125. The van der Waals surface area contributed by atoms with E-state index in [1.807, 2.05) is 35.7 Å². The molecule has 0 saturated carbocycles. The van der Waals surface area contributed by atoms with E-state index in [1.54, 1.807) is 17.5 Å². The Balaban J connectivity index is 1.71. The van der Waals surface area contributed by atoms with Crippen molar-refractivity contribution in [3.05, 3.63) is 52.5 Å². The van der Waals surface area contributed by atoms with Crippen LogP contribution in [0.3, 0.4) is 0 Å². The molecule has 116 valence electrons. The Bertz CT molecular complexity index is 602. The molecule has 3 N–H and O–H groups in total. The highest BCUT2D eigenvalue weighted by Crippen LogP contribution is 2.26. The van der Waals surface area contributed by atoms with Crippen LogP contribution in [0.1, 0.15) is 36.0 Å². The van der Waals surface area contributed by atoms with Crippen LogP contribution >= 0.6 is 11.3 Å². The van der Waals surface area contributed by atoms with Crippen LogP contribution < -0.4 is 16.2 Å². The van der Waals surface area contributed by atoms with Crippen molar-refractivity contribution in [3.63, 3.8) is 0 Å². The summed E-state index contributed by atoms with van der Waals surface area (Å²) in [5.74, 6) is -0.0650. The third-order valence-corrected chi connectivity index (χ3v) is 4.84. The second-order valence-corrected chi connectivity index (χ2v) is 6.29. The number of thiazole rings is 1. The fraction of sp³-hybridized carbons (Fsp3) is 0.375. The molecule has 5 nitrogen and oxygen atoms in total. The van der Waals surface area contributed by atoms with Crippen LogP contribution in [0.5, 0.6) is 0 Å². The fourth-order valence-corrected chi connectivity index (χ4v) is 3.51. The van der Waals surface area contributed by atoms with Crippen molar-refractivity contribution in [1.29, 1.82) is 0 Å². The number of carbonyl (C=O) groups is 1. The largest absolute Gasteiger partial charge is 0.347 e. The second kappa shape index (κ2) is 7.00. The van der Waals surface area contributed by atoms with Gasteiger partial charge >= 0.3 is 0 Å². The zero-order chi connectivity index (χ0) is 15.4. The highest BCUT2D eigenvalue weighted by molar-refractivity contribution is 7.09. The van der Waals surface area contributed by atoms with E-state index in [9.17, 15) is 4.79 Å². The highest BCUT2D eigenvalue weighted by atomic mass is 32.1. The van der Waals surface area contributed by atoms with E-state index >= 15 is 0 Å². The van der Waals surface area contributed by atoms with Crippen LogP contribution in [0, 0.1) is 5.92 Å². The Morgan fingerprint density at radius 3 is 2.95 bits per heavy atom. The van der Waals surface area contributed by atoms with Crippen LogP contribution in [-0.2, 0) is 4.79 Å². The molecular weight excluding hydrogens is 296 g/mol. The molecule has 6 heteroatoms. The minimum absolute atomic E-state index is 0.00463.